The van der Waals surface area contributed by atoms with Crippen molar-refractivity contribution < 1.29 is 24.2 Å². The number of alkyl carbamates (subject to hydrolysis) is 1. The molecule has 0 aromatic heterocycles. The van der Waals surface area contributed by atoms with E-state index in [9.17, 15) is 19.5 Å². The van der Waals surface area contributed by atoms with Gasteiger partial charge in [-0.3, -0.25) is 4.79 Å². The third-order valence-electron chi connectivity index (χ3n) is 7.14. The number of rotatable bonds is 8. The minimum Gasteiger partial charge on any atom is -0.480 e. The zero-order valence-corrected chi connectivity index (χ0v) is 21.0. The summed E-state index contributed by atoms with van der Waals surface area (Å²) >= 11 is 1.78. The van der Waals surface area contributed by atoms with Crippen LogP contribution in [0.1, 0.15) is 50.2 Å². The van der Waals surface area contributed by atoms with Crippen molar-refractivity contribution in [3.63, 3.8) is 0 Å². The maximum Gasteiger partial charge on any atom is 0.407 e. The molecule has 1 aliphatic heterocycles. The number of ether oxygens (including phenoxy) is 1. The first-order chi connectivity index (χ1) is 16.8. The number of benzene rings is 2. The van der Waals surface area contributed by atoms with E-state index in [0.29, 0.717) is 19.4 Å². The SMILES string of the molecule is CCN(C(=O)CC1(NC(=O)OCC2c3ccccc3-c3ccccc32)CCSCC1)C(C)C(=O)O. The van der Waals surface area contributed by atoms with Gasteiger partial charge in [0.1, 0.15) is 12.6 Å². The molecule has 35 heavy (non-hydrogen) atoms. The van der Waals surface area contributed by atoms with Crippen molar-refractivity contribution in [3.05, 3.63) is 59.7 Å². The van der Waals surface area contributed by atoms with Crippen molar-refractivity contribution in [1.82, 2.24) is 10.2 Å². The lowest BCUT2D eigenvalue weighted by molar-refractivity contribution is -0.150. The molecule has 0 spiro atoms. The number of fused-ring (bicyclic) bond motifs is 3. The quantitative estimate of drug-likeness (QED) is 0.559. The number of carboxylic acids is 1. The number of amides is 2. The van der Waals surface area contributed by atoms with Crippen LogP contribution in [0.2, 0.25) is 0 Å². The van der Waals surface area contributed by atoms with Crippen LogP contribution in [0.25, 0.3) is 11.1 Å². The van der Waals surface area contributed by atoms with E-state index >= 15 is 0 Å². The summed E-state index contributed by atoms with van der Waals surface area (Å²) in [7, 11) is 0. The molecule has 2 aromatic rings. The van der Waals surface area contributed by atoms with Crippen LogP contribution in [0, 0.1) is 0 Å². The van der Waals surface area contributed by atoms with E-state index in [1.807, 2.05) is 24.3 Å². The standard InChI is InChI=1S/C27H32N2O5S/c1-3-29(18(2)25(31)32)24(30)16-27(12-14-35-15-13-27)28-26(33)34-17-23-21-10-6-4-8-19(21)20-9-5-7-11-22(20)23/h4-11,18,23H,3,12-17H2,1-2H3,(H,28,33)(H,31,32). The first-order valence-electron chi connectivity index (χ1n) is 12.1. The molecule has 2 aliphatic rings. The number of aliphatic carboxylic acids is 1. The Bertz CT molecular complexity index is 1050. The van der Waals surface area contributed by atoms with Crippen molar-refractivity contribution in [2.24, 2.45) is 0 Å². The third-order valence-corrected chi connectivity index (χ3v) is 8.12. The molecule has 8 heteroatoms. The first kappa shape index (κ1) is 25.1. The van der Waals surface area contributed by atoms with Gasteiger partial charge in [0.15, 0.2) is 0 Å². The Hall–Kier alpha value is -3.00. The minimum atomic E-state index is -1.04. The van der Waals surface area contributed by atoms with Gasteiger partial charge in [0, 0.05) is 12.5 Å². The molecule has 1 saturated heterocycles. The van der Waals surface area contributed by atoms with Crippen LogP contribution in [0.3, 0.4) is 0 Å². The molecule has 1 heterocycles. The number of thioether (sulfide) groups is 1. The second kappa shape index (κ2) is 10.7. The molecule has 1 atom stereocenters. The highest BCUT2D eigenvalue weighted by Crippen LogP contribution is 2.44. The number of carbonyl (C=O) groups is 3. The summed E-state index contributed by atoms with van der Waals surface area (Å²) in [6.45, 7) is 3.77. The largest absolute Gasteiger partial charge is 0.480 e. The highest BCUT2D eigenvalue weighted by atomic mass is 32.2. The van der Waals surface area contributed by atoms with E-state index < -0.39 is 23.6 Å². The molecular formula is C27H32N2O5S. The van der Waals surface area contributed by atoms with E-state index in [1.54, 1.807) is 18.7 Å². The van der Waals surface area contributed by atoms with Gasteiger partial charge < -0.3 is 20.1 Å². The van der Waals surface area contributed by atoms with Gasteiger partial charge >= 0.3 is 12.1 Å². The maximum absolute atomic E-state index is 13.1. The molecule has 2 amide bonds. The lowest BCUT2D eigenvalue weighted by Gasteiger charge is -2.39. The molecule has 1 unspecified atom stereocenters. The van der Waals surface area contributed by atoms with Gasteiger partial charge in [-0.15, -0.1) is 0 Å². The van der Waals surface area contributed by atoms with Crippen LogP contribution in [0.4, 0.5) is 4.79 Å². The molecule has 0 bridgehead atoms. The molecule has 1 fully saturated rings. The van der Waals surface area contributed by atoms with Gasteiger partial charge in [-0.25, -0.2) is 9.59 Å². The summed E-state index contributed by atoms with van der Waals surface area (Å²) in [5.41, 5.74) is 3.87. The molecule has 0 saturated carbocycles. The summed E-state index contributed by atoms with van der Waals surface area (Å²) in [4.78, 5) is 38.9. The van der Waals surface area contributed by atoms with Gasteiger partial charge in [0.05, 0.1) is 12.0 Å². The summed E-state index contributed by atoms with van der Waals surface area (Å²) in [6.07, 6.45) is 0.781. The van der Waals surface area contributed by atoms with Crippen LogP contribution in [-0.4, -0.2) is 64.2 Å². The van der Waals surface area contributed by atoms with E-state index in [1.165, 1.54) is 11.8 Å². The molecule has 0 radical (unpaired) electrons. The number of carbonyl (C=O) groups excluding carboxylic acids is 2. The fraction of sp³-hybridized carbons (Fsp3) is 0.444. The first-order valence-corrected chi connectivity index (χ1v) is 13.2. The van der Waals surface area contributed by atoms with Crippen molar-refractivity contribution in [1.29, 1.82) is 0 Å². The van der Waals surface area contributed by atoms with E-state index in [4.69, 9.17) is 4.74 Å². The Morgan fingerprint density at radius 3 is 2.20 bits per heavy atom. The third kappa shape index (κ3) is 5.32. The Morgan fingerprint density at radius 1 is 1.09 bits per heavy atom. The highest BCUT2D eigenvalue weighted by molar-refractivity contribution is 7.99. The topological polar surface area (TPSA) is 95.9 Å². The highest BCUT2D eigenvalue weighted by Gasteiger charge is 2.39. The van der Waals surface area contributed by atoms with Crippen molar-refractivity contribution in [3.8, 4) is 11.1 Å². The molecule has 2 N–H and O–H groups in total. The molecular weight excluding hydrogens is 464 g/mol. The second-order valence-corrected chi connectivity index (χ2v) is 10.4. The van der Waals surface area contributed by atoms with Crippen LogP contribution in [0.15, 0.2) is 48.5 Å². The number of nitrogens with one attached hydrogen (secondary N) is 1. The average Bonchev–Trinajstić information content (AvgIpc) is 3.17. The van der Waals surface area contributed by atoms with E-state index in [2.05, 4.69) is 29.6 Å². The predicted octanol–water partition coefficient (Wildman–Crippen LogP) is 4.50. The molecule has 186 valence electrons. The lowest BCUT2D eigenvalue weighted by atomic mass is 9.87. The average molecular weight is 497 g/mol. The Balaban J connectivity index is 1.45. The maximum atomic E-state index is 13.1. The molecule has 1 aliphatic carbocycles. The van der Waals surface area contributed by atoms with E-state index in [0.717, 1.165) is 33.8 Å². The number of hydrogen-bond acceptors (Lipinski definition) is 5. The smallest absolute Gasteiger partial charge is 0.407 e. The number of likely N-dealkylation sites (N-methyl/N-ethyl adjacent to an activating group) is 1. The number of carboxylic acid groups (broad SMARTS) is 1. The van der Waals surface area contributed by atoms with Gasteiger partial charge in [0.2, 0.25) is 5.91 Å². The Kier molecular flexibility index (Phi) is 7.69. The Morgan fingerprint density at radius 2 is 1.66 bits per heavy atom. The van der Waals surface area contributed by atoms with Gasteiger partial charge in [-0.2, -0.15) is 11.8 Å². The molecule has 2 aromatic carbocycles. The molecule has 7 nitrogen and oxygen atoms in total. The van der Waals surface area contributed by atoms with Crippen molar-refractivity contribution in [2.45, 2.75) is 50.6 Å². The van der Waals surface area contributed by atoms with Gasteiger partial charge in [0.25, 0.3) is 0 Å². The minimum absolute atomic E-state index is 0.0420. The summed E-state index contributed by atoms with van der Waals surface area (Å²) in [5.74, 6) is 0.278. The van der Waals surface area contributed by atoms with E-state index in [-0.39, 0.29) is 24.9 Å². The zero-order chi connectivity index (χ0) is 25.0. The van der Waals surface area contributed by atoms with Gasteiger partial charge in [-0.05, 0) is 60.4 Å². The Labute approximate surface area is 210 Å². The van der Waals surface area contributed by atoms with Crippen LogP contribution in [-0.2, 0) is 14.3 Å². The monoisotopic (exact) mass is 496 g/mol. The lowest BCUT2D eigenvalue weighted by Crippen LogP contribution is -2.55. The van der Waals surface area contributed by atoms with Crippen LogP contribution in [0.5, 0.6) is 0 Å². The van der Waals surface area contributed by atoms with Crippen LogP contribution >= 0.6 is 11.8 Å². The summed E-state index contributed by atoms with van der Waals surface area (Å²) < 4.78 is 5.75. The summed E-state index contributed by atoms with van der Waals surface area (Å²) in [6, 6.07) is 15.4. The zero-order valence-electron chi connectivity index (χ0n) is 20.2. The van der Waals surface area contributed by atoms with Crippen LogP contribution < -0.4 is 5.32 Å². The van der Waals surface area contributed by atoms with Crippen molar-refractivity contribution >= 4 is 29.7 Å². The molecule has 4 rings (SSSR count). The van der Waals surface area contributed by atoms with Crippen molar-refractivity contribution in [2.75, 3.05) is 24.7 Å². The second-order valence-electron chi connectivity index (χ2n) is 9.21. The number of nitrogens with zero attached hydrogens (tertiary/aromatic N) is 1. The van der Waals surface area contributed by atoms with Gasteiger partial charge in [-0.1, -0.05) is 48.5 Å². The fourth-order valence-electron chi connectivity index (χ4n) is 5.15. The predicted molar refractivity (Wildman–Crippen MR) is 137 cm³/mol. The fourth-order valence-corrected chi connectivity index (χ4v) is 6.42. The summed E-state index contributed by atoms with van der Waals surface area (Å²) in [5, 5.41) is 12.4. The normalized spacial score (nSPS) is 17.1. The number of hydrogen-bond donors (Lipinski definition) is 2.